The summed E-state index contributed by atoms with van der Waals surface area (Å²) in [6.07, 6.45) is 0. The van der Waals surface area contributed by atoms with Gasteiger partial charge in [-0.2, -0.15) is 0 Å². The standard InChI is InChI=1S/C19H25FN4O3.HI/c1-4-21-18(23-12-19(3,26)16-10-5-13(2)27-16)22-11-17(25)24-15-8-6-14(20)7-9-15;/h5-10,26H,4,11-12H2,1-3H3,(H,24,25)(H2,21,22,23);1H. The molecule has 1 unspecified atom stereocenters. The van der Waals surface area contributed by atoms with Gasteiger partial charge < -0.3 is 25.5 Å². The maximum atomic E-state index is 12.9. The van der Waals surface area contributed by atoms with E-state index in [9.17, 15) is 14.3 Å². The smallest absolute Gasteiger partial charge is 0.246 e. The summed E-state index contributed by atoms with van der Waals surface area (Å²) in [7, 11) is 0. The molecule has 28 heavy (non-hydrogen) atoms. The van der Waals surface area contributed by atoms with E-state index in [2.05, 4.69) is 20.9 Å². The van der Waals surface area contributed by atoms with Crippen LogP contribution in [0.1, 0.15) is 25.4 Å². The zero-order chi connectivity index (χ0) is 19.9. The van der Waals surface area contributed by atoms with Crippen LogP contribution in [-0.4, -0.2) is 36.6 Å². The third-order valence-electron chi connectivity index (χ3n) is 3.72. The molecule has 4 N–H and O–H groups in total. The topological polar surface area (TPSA) is 98.9 Å². The Bertz CT molecular complexity index is 791. The van der Waals surface area contributed by atoms with E-state index >= 15 is 0 Å². The average Bonchev–Trinajstić information content (AvgIpc) is 3.07. The third kappa shape index (κ3) is 7.47. The lowest BCUT2D eigenvalue weighted by molar-refractivity contribution is -0.114. The monoisotopic (exact) mass is 504 g/mol. The number of furan rings is 1. The minimum absolute atomic E-state index is 0. The van der Waals surface area contributed by atoms with Gasteiger partial charge in [-0.25, -0.2) is 9.38 Å². The van der Waals surface area contributed by atoms with Crippen LogP contribution in [0.3, 0.4) is 0 Å². The molecule has 1 heterocycles. The van der Waals surface area contributed by atoms with E-state index in [1.165, 1.54) is 24.3 Å². The zero-order valence-electron chi connectivity index (χ0n) is 16.1. The highest BCUT2D eigenvalue weighted by molar-refractivity contribution is 14.0. The van der Waals surface area contributed by atoms with Gasteiger partial charge in [-0.1, -0.05) is 0 Å². The third-order valence-corrected chi connectivity index (χ3v) is 3.72. The maximum absolute atomic E-state index is 12.9. The summed E-state index contributed by atoms with van der Waals surface area (Å²) in [4.78, 5) is 16.2. The van der Waals surface area contributed by atoms with Gasteiger partial charge in [0.1, 0.15) is 29.5 Å². The van der Waals surface area contributed by atoms with Gasteiger partial charge in [-0.05, 0) is 57.2 Å². The Morgan fingerprint density at radius 1 is 1.21 bits per heavy atom. The number of nitrogens with zero attached hydrogens (tertiary/aromatic N) is 1. The Morgan fingerprint density at radius 3 is 2.46 bits per heavy atom. The molecule has 1 aromatic heterocycles. The first-order valence-corrected chi connectivity index (χ1v) is 8.67. The fourth-order valence-electron chi connectivity index (χ4n) is 2.29. The van der Waals surface area contributed by atoms with Crippen LogP contribution in [0.25, 0.3) is 0 Å². The maximum Gasteiger partial charge on any atom is 0.246 e. The number of halogens is 2. The molecule has 2 aromatic rings. The Kier molecular flexibility index (Phi) is 9.39. The van der Waals surface area contributed by atoms with E-state index in [1.807, 2.05) is 6.92 Å². The Balaban J connectivity index is 0.00000392. The van der Waals surface area contributed by atoms with Crippen molar-refractivity contribution in [3.05, 3.63) is 53.7 Å². The molecule has 0 aliphatic heterocycles. The molecule has 0 aliphatic carbocycles. The summed E-state index contributed by atoms with van der Waals surface area (Å²) in [6, 6.07) is 8.98. The molecular formula is C19H26FIN4O3. The first-order chi connectivity index (χ1) is 12.8. The van der Waals surface area contributed by atoms with Gasteiger partial charge in [0.05, 0.1) is 6.54 Å². The molecule has 0 fully saturated rings. The van der Waals surface area contributed by atoms with Crippen molar-refractivity contribution in [1.29, 1.82) is 0 Å². The van der Waals surface area contributed by atoms with E-state index in [0.717, 1.165) is 0 Å². The van der Waals surface area contributed by atoms with Crippen LogP contribution in [-0.2, 0) is 10.4 Å². The van der Waals surface area contributed by atoms with Crippen molar-refractivity contribution in [3.8, 4) is 0 Å². The number of guanidine groups is 1. The van der Waals surface area contributed by atoms with Gasteiger partial charge >= 0.3 is 0 Å². The molecule has 2 rings (SSSR count). The molecule has 1 amide bonds. The number of rotatable bonds is 7. The van der Waals surface area contributed by atoms with Crippen molar-refractivity contribution >= 4 is 41.5 Å². The lowest BCUT2D eigenvalue weighted by Crippen LogP contribution is -2.44. The van der Waals surface area contributed by atoms with Gasteiger partial charge in [0.25, 0.3) is 0 Å². The predicted octanol–water partition coefficient (Wildman–Crippen LogP) is 2.75. The van der Waals surface area contributed by atoms with Gasteiger partial charge in [0.2, 0.25) is 5.91 Å². The second-order valence-corrected chi connectivity index (χ2v) is 6.29. The summed E-state index contributed by atoms with van der Waals surface area (Å²) in [5.74, 6) is 0.826. The van der Waals surface area contributed by atoms with Crippen LogP contribution < -0.4 is 16.0 Å². The van der Waals surface area contributed by atoms with Crippen molar-refractivity contribution in [2.75, 3.05) is 25.0 Å². The average molecular weight is 504 g/mol. The van der Waals surface area contributed by atoms with Gasteiger partial charge in [0.15, 0.2) is 5.96 Å². The molecule has 1 aromatic carbocycles. The summed E-state index contributed by atoms with van der Waals surface area (Å²) in [6.45, 7) is 5.93. The number of aliphatic hydroxyl groups is 1. The highest BCUT2D eigenvalue weighted by atomic mass is 127. The normalized spacial score (nSPS) is 13.2. The van der Waals surface area contributed by atoms with Crippen LogP contribution >= 0.6 is 24.0 Å². The van der Waals surface area contributed by atoms with Crippen molar-refractivity contribution < 1.29 is 18.7 Å². The summed E-state index contributed by atoms with van der Waals surface area (Å²) >= 11 is 0. The molecule has 0 aliphatic rings. The lowest BCUT2D eigenvalue weighted by atomic mass is 10.0. The summed E-state index contributed by atoms with van der Waals surface area (Å²) in [5, 5.41) is 19.2. The SMILES string of the molecule is CCNC(=NCC(=O)Nc1ccc(F)cc1)NCC(C)(O)c1ccc(C)o1.I. The van der Waals surface area contributed by atoms with Crippen molar-refractivity contribution in [2.24, 2.45) is 4.99 Å². The highest BCUT2D eigenvalue weighted by Crippen LogP contribution is 2.21. The molecule has 9 heteroatoms. The number of anilines is 1. The van der Waals surface area contributed by atoms with Crippen molar-refractivity contribution in [1.82, 2.24) is 10.6 Å². The fourth-order valence-corrected chi connectivity index (χ4v) is 2.29. The number of hydrogen-bond donors (Lipinski definition) is 4. The van der Waals surface area contributed by atoms with Gasteiger partial charge in [0, 0.05) is 12.2 Å². The Labute approximate surface area is 180 Å². The molecule has 0 saturated heterocycles. The van der Waals surface area contributed by atoms with E-state index in [1.54, 1.807) is 26.0 Å². The number of aryl methyl sites for hydroxylation is 1. The van der Waals surface area contributed by atoms with Crippen LogP contribution in [0, 0.1) is 12.7 Å². The van der Waals surface area contributed by atoms with Crippen LogP contribution in [0.2, 0.25) is 0 Å². The van der Waals surface area contributed by atoms with E-state index in [-0.39, 0.29) is 48.8 Å². The summed E-state index contributed by atoms with van der Waals surface area (Å²) < 4.78 is 18.4. The fraction of sp³-hybridized carbons (Fsp3) is 0.368. The summed E-state index contributed by atoms with van der Waals surface area (Å²) in [5.41, 5.74) is -0.744. The zero-order valence-corrected chi connectivity index (χ0v) is 18.4. The Morgan fingerprint density at radius 2 is 1.89 bits per heavy atom. The number of amides is 1. The van der Waals surface area contributed by atoms with Crippen LogP contribution in [0.15, 0.2) is 45.8 Å². The first kappa shape index (κ1) is 23.9. The number of carbonyl (C=O) groups excluding carboxylic acids is 1. The van der Waals surface area contributed by atoms with Crippen molar-refractivity contribution in [3.63, 3.8) is 0 Å². The number of carbonyl (C=O) groups is 1. The second kappa shape index (κ2) is 11.0. The van der Waals surface area contributed by atoms with Gasteiger partial charge in [-0.15, -0.1) is 24.0 Å². The Hall–Kier alpha value is -2.14. The van der Waals surface area contributed by atoms with E-state index in [0.29, 0.717) is 29.7 Å². The number of nitrogens with one attached hydrogen (secondary N) is 3. The minimum Gasteiger partial charge on any atom is -0.463 e. The van der Waals surface area contributed by atoms with Crippen LogP contribution in [0.5, 0.6) is 0 Å². The number of benzene rings is 1. The number of aliphatic imine (C=N–C) groups is 1. The van der Waals surface area contributed by atoms with Gasteiger partial charge in [-0.3, -0.25) is 4.79 Å². The number of hydrogen-bond acceptors (Lipinski definition) is 4. The van der Waals surface area contributed by atoms with Crippen LogP contribution in [0.4, 0.5) is 10.1 Å². The largest absolute Gasteiger partial charge is 0.463 e. The second-order valence-electron chi connectivity index (χ2n) is 6.29. The highest BCUT2D eigenvalue weighted by Gasteiger charge is 2.27. The van der Waals surface area contributed by atoms with Crippen molar-refractivity contribution in [2.45, 2.75) is 26.4 Å². The molecule has 154 valence electrons. The molecule has 0 radical (unpaired) electrons. The quantitative estimate of drug-likeness (QED) is 0.264. The molecular weight excluding hydrogens is 478 g/mol. The van der Waals surface area contributed by atoms with E-state index < -0.39 is 5.60 Å². The van der Waals surface area contributed by atoms with E-state index in [4.69, 9.17) is 4.42 Å². The predicted molar refractivity (Wildman–Crippen MR) is 117 cm³/mol. The minimum atomic E-state index is -1.24. The first-order valence-electron chi connectivity index (χ1n) is 8.67. The molecule has 0 saturated carbocycles. The molecule has 0 spiro atoms. The molecule has 1 atom stereocenters. The molecule has 0 bridgehead atoms. The molecule has 7 nitrogen and oxygen atoms in total. The lowest BCUT2D eigenvalue weighted by Gasteiger charge is -2.22.